The molecule has 0 bridgehead atoms. The average Bonchev–Trinajstić information content (AvgIpc) is 3.03. The molecule has 7 nitrogen and oxygen atoms in total. The molecule has 0 radical (unpaired) electrons. The molecular weight excluding hydrogens is 426 g/mol. The van der Waals surface area contributed by atoms with E-state index >= 15 is 0 Å². The zero-order valence-electron chi connectivity index (χ0n) is 20.4. The number of fused-ring (bicyclic) bond motifs is 2. The van der Waals surface area contributed by atoms with Crippen molar-refractivity contribution in [2.75, 3.05) is 19.6 Å². The molecule has 180 valence electrons. The van der Waals surface area contributed by atoms with Gasteiger partial charge in [0.1, 0.15) is 0 Å². The Bertz CT molecular complexity index is 1080. The third-order valence-corrected chi connectivity index (χ3v) is 8.29. The van der Waals surface area contributed by atoms with E-state index < -0.39 is 0 Å². The van der Waals surface area contributed by atoms with E-state index in [9.17, 15) is 9.59 Å². The topological polar surface area (TPSA) is 70.8 Å². The summed E-state index contributed by atoms with van der Waals surface area (Å²) >= 11 is 0. The van der Waals surface area contributed by atoms with Crippen molar-refractivity contribution in [3.8, 4) is 0 Å². The van der Waals surface area contributed by atoms with Gasteiger partial charge in [-0.25, -0.2) is 4.99 Å². The third-order valence-electron chi connectivity index (χ3n) is 8.29. The SMILES string of the molecule is Cc1cc(C(=O)N2Cc3ccccc3C3(CCN(C4CCCC/C(=N\C=O)C4)CC3)C2)nn1C. The maximum atomic E-state index is 13.4. The van der Waals surface area contributed by atoms with E-state index in [0.717, 1.165) is 63.1 Å². The number of carbonyl (C=O) groups excluding carboxylic acids is 2. The molecule has 1 spiro atoms. The highest BCUT2D eigenvalue weighted by Crippen LogP contribution is 2.43. The Morgan fingerprint density at radius 1 is 1.21 bits per heavy atom. The smallest absolute Gasteiger partial charge is 0.274 e. The van der Waals surface area contributed by atoms with E-state index in [0.29, 0.717) is 24.7 Å². The van der Waals surface area contributed by atoms with Gasteiger partial charge in [0.25, 0.3) is 5.91 Å². The molecule has 1 unspecified atom stereocenters. The van der Waals surface area contributed by atoms with Gasteiger partial charge >= 0.3 is 0 Å². The maximum Gasteiger partial charge on any atom is 0.274 e. The lowest BCUT2D eigenvalue weighted by molar-refractivity contribution is -0.106. The first-order chi connectivity index (χ1) is 16.5. The molecule has 1 aliphatic carbocycles. The van der Waals surface area contributed by atoms with Gasteiger partial charge in [-0.2, -0.15) is 5.10 Å². The van der Waals surface area contributed by atoms with E-state index in [1.807, 2.05) is 24.9 Å². The minimum absolute atomic E-state index is 0.0186. The van der Waals surface area contributed by atoms with E-state index in [-0.39, 0.29) is 11.3 Å². The van der Waals surface area contributed by atoms with Crippen molar-refractivity contribution in [2.45, 2.75) is 69.9 Å². The van der Waals surface area contributed by atoms with Crippen molar-refractivity contribution in [1.29, 1.82) is 0 Å². The molecule has 1 aromatic heterocycles. The zero-order chi connectivity index (χ0) is 23.7. The summed E-state index contributed by atoms with van der Waals surface area (Å²) in [6.07, 6.45) is 8.12. The number of nitrogens with zero attached hydrogens (tertiary/aromatic N) is 5. The number of piperidine rings is 1. The molecular formula is C27H35N5O2. The zero-order valence-corrected chi connectivity index (χ0v) is 20.4. The van der Waals surface area contributed by atoms with Crippen LogP contribution in [0.2, 0.25) is 0 Å². The van der Waals surface area contributed by atoms with Gasteiger partial charge < -0.3 is 4.90 Å². The number of benzene rings is 1. The molecule has 1 saturated carbocycles. The molecule has 34 heavy (non-hydrogen) atoms. The Balaban J connectivity index is 1.36. The lowest BCUT2D eigenvalue weighted by Gasteiger charge is -2.50. The standard InChI is InChI=1S/C27H35N5O2/c1-20-15-25(29-30(20)2)26(34)32-17-21-7-3-6-10-24(21)27(18-32)11-13-31(14-12-27)23-9-5-4-8-22(16-23)28-19-33/h3,6-7,10,15,19,23H,4-5,8-9,11-14,16-18H2,1-2H3/b28-22+. The summed E-state index contributed by atoms with van der Waals surface area (Å²) in [6.45, 7) is 5.39. The molecule has 3 aliphatic rings. The molecule has 7 heteroatoms. The van der Waals surface area contributed by atoms with E-state index in [1.54, 1.807) is 4.68 Å². The molecule has 0 N–H and O–H groups in total. The van der Waals surface area contributed by atoms with Crippen LogP contribution in [0.5, 0.6) is 0 Å². The van der Waals surface area contributed by atoms with Crippen LogP contribution in [0.25, 0.3) is 0 Å². The fourth-order valence-corrected chi connectivity index (χ4v) is 6.29. The Morgan fingerprint density at radius 3 is 2.74 bits per heavy atom. The number of amides is 2. The summed E-state index contributed by atoms with van der Waals surface area (Å²) in [4.78, 5) is 33.2. The highest BCUT2D eigenvalue weighted by molar-refractivity contribution is 5.92. The summed E-state index contributed by atoms with van der Waals surface area (Å²) in [5.41, 5.74) is 5.24. The normalized spacial score (nSPS) is 24.1. The van der Waals surface area contributed by atoms with Gasteiger partial charge in [0, 0.05) is 49.4 Å². The predicted octanol–water partition coefficient (Wildman–Crippen LogP) is 3.65. The van der Waals surface area contributed by atoms with Gasteiger partial charge in [0.15, 0.2) is 5.69 Å². The molecule has 5 rings (SSSR count). The molecule has 1 atom stereocenters. The van der Waals surface area contributed by atoms with Crippen LogP contribution < -0.4 is 0 Å². The fraction of sp³-hybridized carbons (Fsp3) is 0.556. The van der Waals surface area contributed by atoms with Gasteiger partial charge in [0.05, 0.1) is 0 Å². The van der Waals surface area contributed by atoms with Crippen LogP contribution in [-0.2, 0) is 23.8 Å². The van der Waals surface area contributed by atoms with Crippen molar-refractivity contribution in [1.82, 2.24) is 19.6 Å². The number of likely N-dealkylation sites (tertiary alicyclic amines) is 1. The minimum Gasteiger partial charge on any atom is -0.332 e. The molecule has 2 aliphatic heterocycles. The summed E-state index contributed by atoms with van der Waals surface area (Å²) in [7, 11) is 1.88. The van der Waals surface area contributed by atoms with Gasteiger partial charge in [-0.1, -0.05) is 30.7 Å². The Labute approximate surface area is 201 Å². The highest BCUT2D eigenvalue weighted by atomic mass is 16.2. The van der Waals surface area contributed by atoms with Crippen LogP contribution in [-0.4, -0.2) is 63.3 Å². The second kappa shape index (κ2) is 9.45. The molecule has 2 aromatic rings. The monoisotopic (exact) mass is 461 g/mol. The minimum atomic E-state index is -0.0186. The number of carbonyl (C=O) groups is 2. The second-order valence-electron chi connectivity index (χ2n) is 10.3. The quantitative estimate of drug-likeness (QED) is 0.517. The Morgan fingerprint density at radius 2 is 2.00 bits per heavy atom. The summed E-state index contributed by atoms with van der Waals surface area (Å²) in [5.74, 6) is 0.0264. The second-order valence-corrected chi connectivity index (χ2v) is 10.3. The number of rotatable bonds is 3. The average molecular weight is 462 g/mol. The molecule has 1 saturated heterocycles. The van der Waals surface area contributed by atoms with Gasteiger partial charge in [-0.3, -0.25) is 19.2 Å². The predicted molar refractivity (Wildman–Crippen MR) is 132 cm³/mol. The Hall–Kier alpha value is -2.80. The van der Waals surface area contributed by atoms with Crippen LogP contribution in [0.1, 0.15) is 72.3 Å². The number of aryl methyl sites for hydroxylation is 2. The number of aromatic nitrogens is 2. The first-order valence-corrected chi connectivity index (χ1v) is 12.6. The molecule has 2 fully saturated rings. The van der Waals surface area contributed by atoms with Crippen LogP contribution in [0.3, 0.4) is 0 Å². The van der Waals surface area contributed by atoms with E-state index in [1.165, 1.54) is 24.0 Å². The lowest BCUT2D eigenvalue weighted by atomic mass is 9.68. The molecule has 2 amide bonds. The molecule has 1 aromatic carbocycles. The van der Waals surface area contributed by atoms with Crippen molar-refractivity contribution in [3.63, 3.8) is 0 Å². The van der Waals surface area contributed by atoms with E-state index in [4.69, 9.17) is 0 Å². The van der Waals surface area contributed by atoms with Gasteiger partial charge in [0.2, 0.25) is 6.41 Å². The highest BCUT2D eigenvalue weighted by Gasteiger charge is 2.44. The summed E-state index contributed by atoms with van der Waals surface area (Å²) < 4.78 is 1.77. The van der Waals surface area contributed by atoms with E-state index in [2.05, 4.69) is 39.3 Å². The Kier molecular flexibility index (Phi) is 6.38. The summed E-state index contributed by atoms with van der Waals surface area (Å²) in [5, 5.41) is 4.46. The molecule has 3 heterocycles. The number of hydrogen-bond donors (Lipinski definition) is 0. The van der Waals surface area contributed by atoms with Crippen molar-refractivity contribution in [3.05, 3.63) is 52.8 Å². The van der Waals surface area contributed by atoms with Crippen LogP contribution in [0.4, 0.5) is 0 Å². The van der Waals surface area contributed by atoms with Crippen LogP contribution >= 0.6 is 0 Å². The first kappa shape index (κ1) is 23.0. The fourth-order valence-electron chi connectivity index (χ4n) is 6.29. The van der Waals surface area contributed by atoms with Gasteiger partial charge in [-0.15, -0.1) is 0 Å². The number of aliphatic imine (C=N–C) groups is 1. The van der Waals surface area contributed by atoms with Crippen molar-refractivity contribution in [2.24, 2.45) is 12.0 Å². The van der Waals surface area contributed by atoms with Crippen molar-refractivity contribution < 1.29 is 9.59 Å². The van der Waals surface area contributed by atoms with Crippen molar-refractivity contribution >= 4 is 18.0 Å². The van der Waals surface area contributed by atoms with Crippen LogP contribution in [0.15, 0.2) is 35.3 Å². The lowest BCUT2D eigenvalue weighted by Crippen LogP contribution is -2.54. The first-order valence-electron chi connectivity index (χ1n) is 12.6. The largest absolute Gasteiger partial charge is 0.332 e. The third kappa shape index (κ3) is 4.33. The number of hydrogen-bond acceptors (Lipinski definition) is 4. The van der Waals surface area contributed by atoms with Crippen LogP contribution in [0, 0.1) is 6.92 Å². The van der Waals surface area contributed by atoms with Gasteiger partial charge in [-0.05, 0) is 69.3 Å². The maximum absolute atomic E-state index is 13.4. The summed E-state index contributed by atoms with van der Waals surface area (Å²) in [6, 6.07) is 11.0.